The molecule has 0 aliphatic carbocycles. The normalized spacial score (nSPS) is 14.1. The van der Waals surface area contributed by atoms with E-state index < -0.39 is 21.8 Å². The fourth-order valence-corrected chi connectivity index (χ4v) is 4.81. The molecule has 1 aliphatic rings. The highest BCUT2D eigenvalue weighted by atomic mass is 32.2. The van der Waals surface area contributed by atoms with Gasteiger partial charge in [0.15, 0.2) is 0 Å². The van der Waals surface area contributed by atoms with Gasteiger partial charge in [-0.25, -0.2) is 12.7 Å². The van der Waals surface area contributed by atoms with Gasteiger partial charge in [0, 0.05) is 45.7 Å². The molecule has 2 aromatic carbocycles. The van der Waals surface area contributed by atoms with Crippen LogP contribution in [0.15, 0.2) is 58.4 Å². The molecular formula is C24H29F3N4O3S. The van der Waals surface area contributed by atoms with Gasteiger partial charge < -0.3 is 10.2 Å². The minimum absolute atomic E-state index is 0.0717. The van der Waals surface area contributed by atoms with E-state index in [1.165, 1.54) is 7.05 Å². The van der Waals surface area contributed by atoms with Crippen molar-refractivity contribution in [1.82, 2.24) is 14.5 Å². The van der Waals surface area contributed by atoms with E-state index >= 15 is 0 Å². The third-order valence-electron chi connectivity index (χ3n) is 5.82. The van der Waals surface area contributed by atoms with Crippen LogP contribution in [0.5, 0.6) is 0 Å². The molecule has 1 aliphatic heterocycles. The minimum atomic E-state index is -4.54. The lowest BCUT2D eigenvalue weighted by Gasteiger charge is -2.20. The van der Waals surface area contributed by atoms with Gasteiger partial charge in [0.25, 0.3) is 0 Å². The predicted molar refractivity (Wildman–Crippen MR) is 128 cm³/mol. The van der Waals surface area contributed by atoms with Gasteiger partial charge in [0.05, 0.1) is 17.0 Å². The summed E-state index contributed by atoms with van der Waals surface area (Å²) in [6.07, 6.45) is -3.39. The summed E-state index contributed by atoms with van der Waals surface area (Å²) in [5.41, 5.74) is 1.21. The maximum Gasteiger partial charge on any atom is 0.416 e. The minimum Gasteiger partial charge on any atom is -0.368 e. The number of benzene rings is 2. The first-order valence-corrected chi connectivity index (χ1v) is 12.7. The second-order valence-corrected chi connectivity index (χ2v) is 10.4. The molecule has 1 heterocycles. The smallest absolute Gasteiger partial charge is 0.368 e. The number of halogens is 3. The molecule has 0 bridgehead atoms. The quantitative estimate of drug-likeness (QED) is 0.533. The number of carbonyl (C=O) groups is 1. The number of nitrogens with one attached hydrogen (secondary N) is 1. The molecule has 0 atom stereocenters. The summed E-state index contributed by atoms with van der Waals surface area (Å²) in [4.78, 5) is 18.2. The second-order valence-electron chi connectivity index (χ2n) is 8.37. The Labute approximate surface area is 203 Å². The van der Waals surface area contributed by atoms with Crippen molar-refractivity contribution in [3.63, 3.8) is 0 Å². The van der Waals surface area contributed by atoms with Crippen LogP contribution in [0.3, 0.4) is 0 Å². The number of sulfonamides is 1. The summed E-state index contributed by atoms with van der Waals surface area (Å²) in [5, 5.41) is 3.23. The second kappa shape index (κ2) is 11.2. The SMILES string of the molecule is CN(CCc1ccc(C2=NCCN2)cc1)C(=O)CCCN(C)S(=O)(=O)c1ccc(C(F)(F)F)cc1. The topological polar surface area (TPSA) is 82.1 Å². The number of rotatable bonds is 10. The maximum atomic E-state index is 12.7. The van der Waals surface area contributed by atoms with Crippen LogP contribution in [0.2, 0.25) is 0 Å². The van der Waals surface area contributed by atoms with Crippen LogP contribution in [-0.2, 0) is 27.4 Å². The van der Waals surface area contributed by atoms with E-state index in [1.54, 1.807) is 11.9 Å². The van der Waals surface area contributed by atoms with Gasteiger partial charge >= 0.3 is 6.18 Å². The third-order valence-corrected chi connectivity index (χ3v) is 7.69. The predicted octanol–water partition coefficient (Wildman–Crippen LogP) is 3.16. The van der Waals surface area contributed by atoms with Crippen LogP contribution < -0.4 is 5.32 Å². The van der Waals surface area contributed by atoms with Crippen LogP contribution >= 0.6 is 0 Å². The van der Waals surface area contributed by atoms with Gasteiger partial charge in [-0.1, -0.05) is 24.3 Å². The summed E-state index contributed by atoms with van der Waals surface area (Å²) < 4.78 is 64.4. The lowest BCUT2D eigenvalue weighted by Crippen LogP contribution is -2.31. The molecule has 2 aromatic rings. The van der Waals surface area contributed by atoms with E-state index in [2.05, 4.69) is 10.3 Å². The number of hydrogen-bond donors (Lipinski definition) is 1. The first-order chi connectivity index (χ1) is 16.5. The fourth-order valence-electron chi connectivity index (χ4n) is 3.60. The van der Waals surface area contributed by atoms with E-state index in [-0.39, 0.29) is 23.8 Å². The molecule has 3 rings (SSSR count). The molecule has 0 spiro atoms. The van der Waals surface area contributed by atoms with Gasteiger partial charge in [0.2, 0.25) is 15.9 Å². The molecule has 0 saturated carbocycles. The molecule has 11 heteroatoms. The highest BCUT2D eigenvalue weighted by Crippen LogP contribution is 2.30. The molecular weight excluding hydrogens is 481 g/mol. The molecule has 1 amide bonds. The molecule has 35 heavy (non-hydrogen) atoms. The molecule has 0 radical (unpaired) electrons. The molecule has 190 valence electrons. The fraction of sp³-hybridized carbons (Fsp3) is 0.417. The van der Waals surface area contributed by atoms with E-state index in [1.807, 2.05) is 24.3 Å². The Balaban J connectivity index is 1.43. The van der Waals surface area contributed by atoms with E-state index in [4.69, 9.17) is 0 Å². The number of hydrogen-bond acceptors (Lipinski definition) is 5. The van der Waals surface area contributed by atoms with Crippen molar-refractivity contribution in [2.75, 3.05) is 40.3 Å². The van der Waals surface area contributed by atoms with Crippen molar-refractivity contribution in [3.8, 4) is 0 Å². The Morgan fingerprint density at radius 2 is 1.69 bits per heavy atom. The zero-order valence-electron chi connectivity index (χ0n) is 19.7. The summed E-state index contributed by atoms with van der Waals surface area (Å²) >= 11 is 0. The van der Waals surface area contributed by atoms with Crippen molar-refractivity contribution in [3.05, 3.63) is 65.2 Å². The molecule has 1 N–H and O–H groups in total. The summed E-state index contributed by atoms with van der Waals surface area (Å²) in [6, 6.07) is 11.4. The van der Waals surface area contributed by atoms with Crippen molar-refractivity contribution < 1.29 is 26.4 Å². The van der Waals surface area contributed by atoms with Crippen molar-refractivity contribution in [2.45, 2.75) is 30.3 Å². The largest absolute Gasteiger partial charge is 0.416 e. The average Bonchev–Trinajstić information content (AvgIpc) is 3.37. The summed E-state index contributed by atoms with van der Waals surface area (Å²) in [6.45, 7) is 2.22. The number of aliphatic imine (C=N–C) groups is 1. The number of alkyl halides is 3. The van der Waals surface area contributed by atoms with Crippen LogP contribution in [0, 0.1) is 0 Å². The number of amidine groups is 1. The van der Waals surface area contributed by atoms with Crippen molar-refractivity contribution in [1.29, 1.82) is 0 Å². The number of likely N-dealkylation sites (N-methyl/N-ethyl adjacent to an activating group) is 1. The number of nitrogens with zero attached hydrogens (tertiary/aromatic N) is 3. The van der Waals surface area contributed by atoms with E-state index in [0.29, 0.717) is 19.4 Å². The summed E-state index contributed by atoms with van der Waals surface area (Å²) in [7, 11) is -0.898. The number of carbonyl (C=O) groups excluding carboxylic acids is 1. The van der Waals surface area contributed by atoms with Crippen molar-refractivity contribution >= 4 is 21.8 Å². The van der Waals surface area contributed by atoms with Crippen LogP contribution in [0.1, 0.15) is 29.5 Å². The highest BCUT2D eigenvalue weighted by Gasteiger charge is 2.31. The zero-order chi connectivity index (χ0) is 25.6. The zero-order valence-corrected chi connectivity index (χ0v) is 20.5. The Bertz CT molecular complexity index is 1150. The van der Waals surface area contributed by atoms with Gasteiger partial charge in [-0.2, -0.15) is 13.2 Å². The standard InChI is InChI=1S/C24H29F3N4O3S/c1-30(17-13-18-5-7-19(8-6-18)23-28-14-15-29-23)22(32)4-3-16-31(2)35(33,34)21-11-9-20(10-12-21)24(25,26)27/h5-12H,3-4,13-17H2,1-2H3,(H,28,29). The molecule has 0 unspecified atom stereocenters. The van der Waals surface area contributed by atoms with Crippen LogP contribution in [-0.4, -0.2) is 69.6 Å². The summed E-state index contributed by atoms with van der Waals surface area (Å²) in [5.74, 6) is 0.792. The van der Waals surface area contributed by atoms with Gasteiger partial charge in [-0.05, 0) is 42.7 Å². The monoisotopic (exact) mass is 510 g/mol. The number of amides is 1. The van der Waals surface area contributed by atoms with Gasteiger partial charge in [-0.15, -0.1) is 0 Å². The molecule has 0 aromatic heterocycles. The third kappa shape index (κ3) is 7.04. The molecule has 7 nitrogen and oxygen atoms in total. The molecule has 0 saturated heterocycles. The van der Waals surface area contributed by atoms with Crippen molar-refractivity contribution in [2.24, 2.45) is 4.99 Å². The Morgan fingerprint density at radius 3 is 2.26 bits per heavy atom. The van der Waals surface area contributed by atoms with Crippen LogP contribution in [0.4, 0.5) is 13.2 Å². The first kappa shape index (κ1) is 26.7. The Morgan fingerprint density at radius 1 is 1.03 bits per heavy atom. The maximum absolute atomic E-state index is 12.7. The van der Waals surface area contributed by atoms with E-state index in [9.17, 15) is 26.4 Å². The molecule has 0 fully saturated rings. The average molecular weight is 511 g/mol. The lowest BCUT2D eigenvalue weighted by molar-refractivity contribution is -0.137. The first-order valence-electron chi connectivity index (χ1n) is 11.2. The Hall–Kier alpha value is -2.92. The van der Waals surface area contributed by atoms with Crippen LogP contribution in [0.25, 0.3) is 0 Å². The van der Waals surface area contributed by atoms with Gasteiger partial charge in [0.1, 0.15) is 5.84 Å². The van der Waals surface area contributed by atoms with Gasteiger partial charge in [-0.3, -0.25) is 9.79 Å². The lowest BCUT2D eigenvalue weighted by atomic mass is 10.1. The Kier molecular flexibility index (Phi) is 8.55. The highest BCUT2D eigenvalue weighted by molar-refractivity contribution is 7.89. The van der Waals surface area contributed by atoms with E-state index in [0.717, 1.165) is 58.6 Å².